The molecule has 0 bridgehead atoms. The van der Waals surface area contributed by atoms with Gasteiger partial charge in [0.05, 0.1) is 6.61 Å². The van der Waals surface area contributed by atoms with E-state index in [-0.39, 0.29) is 13.0 Å². The molecule has 0 saturated carbocycles. The predicted molar refractivity (Wildman–Crippen MR) is 54.0 cm³/mol. The van der Waals surface area contributed by atoms with Crippen LogP contribution in [0, 0.1) is 6.42 Å². The van der Waals surface area contributed by atoms with Gasteiger partial charge in [0.15, 0.2) is 0 Å². The molecule has 5 heteroatoms. The van der Waals surface area contributed by atoms with Gasteiger partial charge >= 0.3 is 5.97 Å². The van der Waals surface area contributed by atoms with Gasteiger partial charge in [0, 0.05) is 18.9 Å². The Balaban J connectivity index is 2.30. The van der Waals surface area contributed by atoms with Gasteiger partial charge in [0.2, 0.25) is 5.13 Å². The molecular weight excluding hydrogens is 223 g/mol. The van der Waals surface area contributed by atoms with E-state index in [1.807, 2.05) is 0 Å². The Bertz CT molecular complexity index is 297. The van der Waals surface area contributed by atoms with E-state index in [1.165, 1.54) is 12.5 Å². The molecule has 1 aliphatic carbocycles. The highest BCUT2D eigenvalue weighted by molar-refractivity contribution is 6.25. The van der Waals surface area contributed by atoms with Crippen LogP contribution < -0.4 is 0 Å². The third-order valence-electron chi connectivity index (χ3n) is 1.72. The number of hydrogen-bond donors (Lipinski definition) is 1. The molecule has 1 aliphatic rings. The lowest BCUT2D eigenvalue weighted by Gasteiger charge is -2.17. The predicted octanol–water partition coefficient (Wildman–Crippen LogP) is 2.43. The van der Waals surface area contributed by atoms with E-state index in [2.05, 4.69) is 0 Å². The summed E-state index contributed by atoms with van der Waals surface area (Å²) in [7, 11) is 0. The number of carboxylic acids is 1. The number of allylic oxidation sites excluding steroid dienone is 3. The minimum atomic E-state index is -2.00. The van der Waals surface area contributed by atoms with Crippen molar-refractivity contribution in [1.82, 2.24) is 0 Å². The van der Waals surface area contributed by atoms with Crippen LogP contribution in [0.5, 0.6) is 0 Å². The van der Waals surface area contributed by atoms with Gasteiger partial charge in [-0.1, -0.05) is 17.7 Å². The van der Waals surface area contributed by atoms with Crippen LogP contribution in [0.4, 0.5) is 4.39 Å². The van der Waals surface area contributed by atoms with E-state index in [0.29, 0.717) is 12.2 Å². The van der Waals surface area contributed by atoms with Crippen LogP contribution in [0.2, 0.25) is 0 Å². The van der Waals surface area contributed by atoms with Crippen LogP contribution in [-0.4, -0.2) is 22.8 Å². The molecule has 1 radical (unpaired) electrons. The van der Waals surface area contributed by atoms with Gasteiger partial charge < -0.3 is 9.84 Å². The van der Waals surface area contributed by atoms with Crippen LogP contribution in [0.15, 0.2) is 24.0 Å². The molecule has 1 unspecified atom stereocenters. The second-order valence-corrected chi connectivity index (χ2v) is 3.67. The number of alkyl halides is 2. The molecule has 0 amide bonds. The van der Waals surface area contributed by atoms with Crippen molar-refractivity contribution in [3.05, 3.63) is 30.4 Å². The van der Waals surface area contributed by atoms with Crippen molar-refractivity contribution < 1.29 is 19.0 Å². The maximum atomic E-state index is 13.2. The fourth-order valence-electron chi connectivity index (χ4n) is 1.06. The molecule has 0 saturated heterocycles. The summed E-state index contributed by atoms with van der Waals surface area (Å²) in [5.74, 6) is -0.558. The molecule has 0 spiro atoms. The van der Waals surface area contributed by atoms with Crippen molar-refractivity contribution in [2.45, 2.75) is 18.0 Å². The Labute approximate surface area is 92.2 Å². The van der Waals surface area contributed by atoms with Crippen LogP contribution in [0.25, 0.3) is 0 Å². The molecule has 15 heavy (non-hydrogen) atoms. The normalized spacial score (nSPS) is 24.8. The van der Waals surface area contributed by atoms with Gasteiger partial charge in [-0.25, -0.2) is 4.39 Å². The molecule has 0 aliphatic heterocycles. The van der Waals surface area contributed by atoms with Crippen molar-refractivity contribution in [2.24, 2.45) is 0 Å². The topological polar surface area (TPSA) is 46.5 Å². The van der Waals surface area contributed by atoms with Gasteiger partial charge in [-0.2, -0.15) is 0 Å². The number of aliphatic carboxylic acids is 1. The first-order valence-electron chi connectivity index (χ1n) is 4.47. The first-order chi connectivity index (χ1) is 6.99. The van der Waals surface area contributed by atoms with Crippen LogP contribution in [0.3, 0.4) is 0 Å². The Kier molecular flexibility index (Phi) is 4.15. The fraction of sp³-hybridized carbons (Fsp3) is 0.400. The molecule has 1 N–H and O–H groups in total. The van der Waals surface area contributed by atoms with E-state index in [1.54, 1.807) is 6.08 Å². The van der Waals surface area contributed by atoms with E-state index in [9.17, 15) is 9.18 Å². The third kappa shape index (κ3) is 4.83. The van der Waals surface area contributed by atoms with Gasteiger partial charge in [0.25, 0.3) is 0 Å². The molecule has 0 aromatic carbocycles. The Morgan fingerprint density at radius 2 is 2.40 bits per heavy atom. The molecule has 1 rings (SSSR count). The van der Waals surface area contributed by atoms with E-state index >= 15 is 0 Å². The number of halogens is 2. The Morgan fingerprint density at radius 1 is 1.67 bits per heavy atom. The van der Waals surface area contributed by atoms with Crippen molar-refractivity contribution in [2.75, 3.05) is 6.61 Å². The summed E-state index contributed by atoms with van der Waals surface area (Å²) in [6, 6.07) is 0. The summed E-state index contributed by atoms with van der Waals surface area (Å²) in [5.41, 5.74) is 0. The highest BCUT2D eigenvalue weighted by atomic mass is 35.5. The lowest BCUT2D eigenvalue weighted by Crippen LogP contribution is -2.14. The molecule has 3 nitrogen and oxygen atoms in total. The number of rotatable bonds is 5. The van der Waals surface area contributed by atoms with Crippen molar-refractivity contribution in [1.29, 1.82) is 0 Å². The van der Waals surface area contributed by atoms with Gasteiger partial charge in [-0.15, -0.1) is 0 Å². The Hall–Kier alpha value is -1.03. The maximum absolute atomic E-state index is 13.2. The largest absolute Gasteiger partial charge is 0.494 e. The molecule has 0 heterocycles. The number of carboxylic acid groups (broad SMARTS) is 1. The zero-order chi connectivity index (χ0) is 11.3. The van der Waals surface area contributed by atoms with Crippen LogP contribution in [0.1, 0.15) is 12.8 Å². The number of hydrogen-bond acceptors (Lipinski definition) is 2. The smallest absolute Gasteiger partial charge is 0.303 e. The van der Waals surface area contributed by atoms with Crippen LogP contribution >= 0.6 is 11.6 Å². The monoisotopic (exact) mass is 233 g/mol. The molecular formula is C10H11ClFO3. The molecule has 0 fully saturated rings. The zero-order valence-corrected chi connectivity index (χ0v) is 8.71. The molecule has 0 aromatic heterocycles. The Morgan fingerprint density at radius 3 is 3.00 bits per heavy atom. The maximum Gasteiger partial charge on any atom is 0.303 e. The average molecular weight is 234 g/mol. The fourth-order valence-corrected chi connectivity index (χ4v) is 1.24. The van der Waals surface area contributed by atoms with Crippen molar-refractivity contribution >= 4 is 17.6 Å². The SMILES string of the molecule is O=C(O)CCCOC1=CC(F)(Cl)[CH]C=C1. The lowest BCUT2D eigenvalue weighted by atomic mass is 10.1. The van der Waals surface area contributed by atoms with Gasteiger partial charge in [-0.05, 0) is 12.5 Å². The summed E-state index contributed by atoms with van der Waals surface area (Å²) < 4.78 is 18.3. The van der Waals surface area contributed by atoms with E-state index < -0.39 is 11.1 Å². The summed E-state index contributed by atoms with van der Waals surface area (Å²) in [6.07, 6.45) is 5.77. The first-order valence-corrected chi connectivity index (χ1v) is 4.85. The standard InChI is InChI=1S/C10H11ClFO3/c11-10(12)5-1-3-8(7-10)15-6-2-4-9(13)14/h1,3,5,7H,2,4,6H2,(H,13,14). The first kappa shape index (κ1) is 12.0. The summed E-state index contributed by atoms with van der Waals surface area (Å²) in [4.78, 5) is 10.2. The summed E-state index contributed by atoms with van der Waals surface area (Å²) >= 11 is 5.41. The second kappa shape index (κ2) is 5.16. The van der Waals surface area contributed by atoms with Crippen molar-refractivity contribution in [3.8, 4) is 0 Å². The minimum Gasteiger partial charge on any atom is -0.494 e. The van der Waals surface area contributed by atoms with Crippen molar-refractivity contribution in [3.63, 3.8) is 0 Å². The summed E-state index contributed by atoms with van der Waals surface area (Å²) in [5, 5.41) is 6.36. The highest BCUT2D eigenvalue weighted by Gasteiger charge is 2.25. The molecule has 0 aromatic rings. The minimum absolute atomic E-state index is 0.0325. The molecule has 1 atom stereocenters. The zero-order valence-electron chi connectivity index (χ0n) is 7.95. The summed E-state index contributed by atoms with van der Waals surface area (Å²) in [6.45, 7) is 0.232. The van der Waals surface area contributed by atoms with Gasteiger partial charge in [0.1, 0.15) is 5.76 Å². The molecule has 83 valence electrons. The van der Waals surface area contributed by atoms with Crippen LogP contribution in [-0.2, 0) is 9.53 Å². The van der Waals surface area contributed by atoms with Gasteiger partial charge in [-0.3, -0.25) is 4.79 Å². The lowest BCUT2D eigenvalue weighted by molar-refractivity contribution is -0.137. The number of ether oxygens (including phenoxy) is 1. The van der Waals surface area contributed by atoms with E-state index in [0.717, 1.165) is 6.08 Å². The third-order valence-corrected chi connectivity index (χ3v) is 1.95. The quantitative estimate of drug-likeness (QED) is 0.586. The average Bonchev–Trinajstić information content (AvgIpc) is 2.10. The highest BCUT2D eigenvalue weighted by Crippen LogP contribution is 2.28. The second-order valence-electron chi connectivity index (χ2n) is 3.09. The van der Waals surface area contributed by atoms with E-state index in [4.69, 9.17) is 21.4 Å². The number of carbonyl (C=O) groups is 1.